The minimum absolute atomic E-state index is 0.0642. The first-order valence-electron chi connectivity index (χ1n) is 14.0. The van der Waals surface area contributed by atoms with E-state index in [1.54, 1.807) is 0 Å². The maximum atomic E-state index is 7.01. The van der Waals surface area contributed by atoms with Crippen molar-refractivity contribution in [2.45, 2.75) is 13.0 Å². The summed E-state index contributed by atoms with van der Waals surface area (Å²) in [6, 6.07) is 46.8. The molecule has 7 aromatic rings. The summed E-state index contributed by atoms with van der Waals surface area (Å²) >= 11 is 0. The lowest BCUT2D eigenvalue weighted by molar-refractivity contribution is 0.612. The Bertz CT molecular complexity index is 1910. The molecule has 0 N–H and O–H groups in total. The zero-order valence-corrected chi connectivity index (χ0v) is 23.7. The summed E-state index contributed by atoms with van der Waals surface area (Å²) in [5.41, 5.74) is 4.07. The van der Waals surface area contributed by atoms with Crippen molar-refractivity contribution in [3.05, 3.63) is 157 Å². The van der Waals surface area contributed by atoms with Gasteiger partial charge in [-0.1, -0.05) is 133 Å². The van der Waals surface area contributed by atoms with Crippen molar-refractivity contribution in [2.75, 3.05) is 11.2 Å². The molecule has 0 fully saturated rings. The van der Waals surface area contributed by atoms with Crippen LogP contribution >= 0.6 is 8.16 Å². The van der Waals surface area contributed by atoms with E-state index in [2.05, 4.69) is 157 Å². The maximum absolute atomic E-state index is 7.01. The second kappa shape index (κ2) is 11.1. The largest absolute Gasteiger partial charge is 0.408 e. The van der Waals surface area contributed by atoms with Gasteiger partial charge in [0.25, 0.3) is 0 Å². The molecule has 0 aliphatic rings. The Morgan fingerprint density at radius 3 is 1.54 bits per heavy atom. The molecular weight excluding hydrogens is 521 g/mol. The van der Waals surface area contributed by atoms with Crippen LogP contribution in [-0.4, -0.2) is 6.54 Å². The number of fused-ring (bicyclic) bond motifs is 7. The third-order valence-electron chi connectivity index (χ3n) is 7.65. The van der Waals surface area contributed by atoms with Crippen LogP contribution in [0.15, 0.2) is 154 Å². The van der Waals surface area contributed by atoms with Gasteiger partial charge in [0.1, 0.15) is 11.2 Å². The number of hydrogen-bond acceptors (Lipinski definition) is 3. The highest BCUT2D eigenvalue weighted by Gasteiger charge is 2.27. The standard InChI is InChI=1S/C37H30NO2P/c1-2-3-26-38(37(29-16-6-4-7-17-29)30-18-8-5-9-19-30)41-39-33-24-22-27-14-10-12-20-31(27)35(33)36-32-21-13-11-15-28(32)23-25-34(36)40-41/h2-25,37H,26H2,1H3/b3-2-. The van der Waals surface area contributed by atoms with E-state index in [4.69, 9.17) is 8.39 Å². The van der Waals surface area contributed by atoms with E-state index in [9.17, 15) is 0 Å². The summed E-state index contributed by atoms with van der Waals surface area (Å²) in [6.45, 7) is 2.73. The van der Waals surface area contributed by atoms with Crippen molar-refractivity contribution >= 4 is 51.6 Å². The Morgan fingerprint density at radius 1 is 0.585 bits per heavy atom. The van der Waals surface area contributed by atoms with Crippen LogP contribution in [0, 0.1) is 0 Å². The lowest BCUT2D eigenvalue weighted by Gasteiger charge is -2.28. The predicted octanol–water partition coefficient (Wildman–Crippen LogP) is 10.9. The van der Waals surface area contributed by atoms with Crippen LogP contribution in [0.2, 0.25) is 0 Å². The molecule has 0 saturated heterocycles. The third kappa shape index (κ3) is 4.74. The molecule has 0 amide bonds. The van der Waals surface area contributed by atoms with Gasteiger partial charge in [-0.2, -0.15) is 4.67 Å². The van der Waals surface area contributed by atoms with Crippen molar-refractivity contribution in [1.29, 1.82) is 0 Å². The Kier molecular flexibility index (Phi) is 6.90. The van der Waals surface area contributed by atoms with Gasteiger partial charge in [-0.3, -0.25) is 0 Å². The number of hydrogen-bond donors (Lipinski definition) is 0. The summed E-state index contributed by atoms with van der Waals surface area (Å²) in [6.07, 6.45) is 4.28. The number of benzene rings is 6. The van der Waals surface area contributed by atoms with Gasteiger partial charge in [-0.25, -0.2) is 0 Å². The molecule has 6 aromatic carbocycles. The Morgan fingerprint density at radius 2 is 1.05 bits per heavy atom. The minimum Gasteiger partial charge on any atom is -0.408 e. The molecule has 0 aliphatic carbocycles. The van der Waals surface area contributed by atoms with Gasteiger partial charge >= 0.3 is 8.16 Å². The van der Waals surface area contributed by atoms with E-state index in [0.29, 0.717) is 6.54 Å². The van der Waals surface area contributed by atoms with Crippen molar-refractivity contribution in [1.82, 2.24) is 0 Å². The van der Waals surface area contributed by atoms with E-state index in [1.807, 2.05) is 0 Å². The highest BCUT2D eigenvalue weighted by atomic mass is 31.1. The molecule has 200 valence electrons. The molecule has 0 aliphatic heterocycles. The van der Waals surface area contributed by atoms with E-state index >= 15 is 0 Å². The molecule has 7 rings (SSSR count). The van der Waals surface area contributed by atoms with Gasteiger partial charge in [0, 0.05) is 17.3 Å². The molecule has 0 unspecified atom stereocenters. The SMILES string of the molecule is C/C=C\CN(C(c1ccccc1)c1ccccc1)p1oc2ccc3ccccc3c2c2c(ccc3ccccc32)o1. The Hall–Kier alpha value is -4.56. The van der Waals surface area contributed by atoms with Gasteiger partial charge in [-0.15, -0.1) is 0 Å². The van der Waals surface area contributed by atoms with Crippen LogP contribution in [-0.2, 0) is 0 Å². The van der Waals surface area contributed by atoms with Crippen LogP contribution < -0.4 is 4.67 Å². The molecule has 4 heteroatoms. The van der Waals surface area contributed by atoms with Crippen molar-refractivity contribution < 1.29 is 8.39 Å². The molecule has 0 saturated carbocycles. The number of rotatable bonds is 6. The Labute approximate surface area is 240 Å². The highest BCUT2D eigenvalue weighted by molar-refractivity contribution is 7.39. The average molecular weight is 552 g/mol. The number of nitrogens with zero attached hydrogens (tertiary/aromatic N) is 1. The molecular formula is C37H30NO2P. The van der Waals surface area contributed by atoms with E-state index in [-0.39, 0.29) is 6.04 Å². The second-order valence-electron chi connectivity index (χ2n) is 10.2. The highest BCUT2D eigenvalue weighted by Crippen LogP contribution is 2.45. The van der Waals surface area contributed by atoms with Gasteiger partial charge < -0.3 is 8.39 Å². The van der Waals surface area contributed by atoms with Crippen molar-refractivity contribution in [3.8, 4) is 0 Å². The summed E-state index contributed by atoms with van der Waals surface area (Å²) in [5, 5.41) is 6.84. The normalized spacial score (nSPS) is 12.0. The van der Waals surface area contributed by atoms with Crippen molar-refractivity contribution in [2.24, 2.45) is 0 Å². The fourth-order valence-corrected chi connectivity index (χ4v) is 7.32. The third-order valence-corrected chi connectivity index (χ3v) is 9.17. The Balaban J connectivity index is 1.60. The quantitative estimate of drug-likeness (QED) is 0.193. The smallest absolute Gasteiger partial charge is 0.310 e. The van der Waals surface area contributed by atoms with Crippen LogP contribution in [0.25, 0.3) is 43.5 Å². The molecule has 0 bridgehead atoms. The molecule has 0 radical (unpaired) electrons. The van der Waals surface area contributed by atoms with E-state index < -0.39 is 8.16 Å². The summed E-state index contributed by atoms with van der Waals surface area (Å²) in [7, 11) is -1.56. The predicted molar refractivity (Wildman–Crippen MR) is 174 cm³/mol. The van der Waals surface area contributed by atoms with Crippen LogP contribution in [0.1, 0.15) is 24.1 Å². The molecule has 41 heavy (non-hydrogen) atoms. The summed E-state index contributed by atoms with van der Waals surface area (Å²) in [4.78, 5) is 0. The zero-order chi connectivity index (χ0) is 27.6. The monoisotopic (exact) mass is 551 g/mol. The molecule has 1 aromatic heterocycles. The molecule has 0 spiro atoms. The molecule has 1 heterocycles. The zero-order valence-electron chi connectivity index (χ0n) is 22.9. The van der Waals surface area contributed by atoms with E-state index in [0.717, 1.165) is 32.7 Å². The lowest BCUT2D eigenvalue weighted by Crippen LogP contribution is -2.27. The minimum atomic E-state index is -1.56. The first-order chi connectivity index (χ1) is 20.3. The van der Waals surface area contributed by atoms with Crippen LogP contribution in [0.5, 0.6) is 0 Å². The van der Waals surface area contributed by atoms with Gasteiger partial charge in [0.05, 0.1) is 6.04 Å². The molecule has 3 nitrogen and oxygen atoms in total. The van der Waals surface area contributed by atoms with E-state index in [1.165, 1.54) is 21.9 Å². The van der Waals surface area contributed by atoms with Gasteiger partial charge in [0.15, 0.2) is 0 Å². The topological polar surface area (TPSA) is 29.5 Å². The summed E-state index contributed by atoms with van der Waals surface area (Å²) < 4.78 is 16.4. The van der Waals surface area contributed by atoms with Crippen LogP contribution in [0.4, 0.5) is 0 Å². The van der Waals surface area contributed by atoms with Gasteiger partial charge in [-0.05, 0) is 51.7 Å². The fraction of sp³-hybridized carbons (Fsp3) is 0.0811. The number of allylic oxidation sites excluding steroid dienone is 1. The molecule has 0 atom stereocenters. The first-order valence-corrected chi connectivity index (χ1v) is 15.1. The van der Waals surface area contributed by atoms with Crippen molar-refractivity contribution in [3.63, 3.8) is 0 Å². The average Bonchev–Trinajstić information content (AvgIpc) is 3.21. The fourth-order valence-electron chi connectivity index (χ4n) is 5.75. The van der Waals surface area contributed by atoms with Gasteiger partial charge in [0.2, 0.25) is 0 Å². The second-order valence-corrected chi connectivity index (χ2v) is 11.5. The summed E-state index contributed by atoms with van der Waals surface area (Å²) in [5.74, 6) is 0. The lowest BCUT2D eigenvalue weighted by atomic mass is 9.99. The maximum Gasteiger partial charge on any atom is 0.310 e. The van der Waals surface area contributed by atoms with Crippen LogP contribution in [0.3, 0.4) is 0 Å². The first kappa shape index (κ1) is 25.4.